The van der Waals surface area contributed by atoms with Crippen molar-refractivity contribution < 1.29 is 13.9 Å². The minimum absolute atomic E-state index is 0.0298. The lowest BCUT2D eigenvalue weighted by Gasteiger charge is -2.13. The molecule has 2 heterocycles. The van der Waals surface area contributed by atoms with E-state index in [0.29, 0.717) is 34.1 Å². The van der Waals surface area contributed by atoms with Gasteiger partial charge < -0.3 is 9.46 Å². The van der Waals surface area contributed by atoms with Gasteiger partial charge in [0.05, 0.1) is 21.7 Å². The molecule has 0 spiro atoms. The van der Waals surface area contributed by atoms with Crippen molar-refractivity contribution >= 4 is 35.5 Å². The standard InChI is InChI=1S/C20H17ClFN3O2S/c1-12(2)27-20-19(8-14(21)10-24-20)28-25-15-5-6-23-18(9-15)16-4-3-13(11-26)7-17(16)22/h3-12H,1-2H3,(H,23,25). The maximum absolute atomic E-state index is 14.3. The van der Waals surface area contributed by atoms with E-state index >= 15 is 0 Å². The highest BCUT2D eigenvalue weighted by Gasteiger charge is 2.11. The predicted molar refractivity (Wildman–Crippen MR) is 110 cm³/mol. The number of hydrogen-bond acceptors (Lipinski definition) is 6. The minimum atomic E-state index is -0.506. The first-order valence-corrected chi connectivity index (χ1v) is 9.62. The second kappa shape index (κ2) is 9.03. The van der Waals surface area contributed by atoms with Crippen molar-refractivity contribution in [3.63, 3.8) is 0 Å². The third kappa shape index (κ3) is 4.99. The zero-order valence-electron chi connectivity index (χ0n) is 15.1. The molecule has 3 rings (SSSR count). The molecule has 8 heteroatoms. The number of carbonyl (C=O) groups excluding carboxylic acids is 1. The molecule has 144 valence electrons. The van der Waals surface area contributed by atoms with Gasteiger partial charge in [-0.15, -0.1) is 0 Å². The fourth-order valence-corrected chi connectivity index (χ4v) is 3.31. The molecule has 1 N–H and O–H groups in total. The lowest BCUT2D eigenvalue weighted by Crippen LogP contribution is -2.08. The Morgan fingerprint density at radius 1 is 1.21 bits per heavy atom. The molecule has 0 radical (unpaired) electrons. The number of ether oxygens (including phenoxy) is 1. The van der Waals surface area contributed by atoms with E-state index in [-0.39, 0.29) is 11.7 Å². The van der Waals surface area contributed by atoms with Gasteiger partial charge in [-0.3, -0.25) is 9.78 Å². The number of benzene rings is 1. The fraction of sp³-hybridized carbons (Fsp3) is 0.150. The van der Waals surface area contributed by atoms with Crippen LogP contribution in [0.5, 0.6) is 5.88 Å². The second-order valence-electron chi connectivity index (χ2n) is 6.11. The van der Waals surface area contributed by atoms with Crippen LogP contribution in [-0.2, 0) is 0 Å². The smallest absolute Gasteiger partial charge is 0.229 e. The van der Waals surface area contributed by atoms with Crippen molar-refractivity contribution in [3.8, 4) is 17.1 Å². The molecule has 0 bridgehead atoms. The minimum Gasteiger partial charge on any atom is -0.474 e. The van der Waals surface area contributed by atoms with Gasteiger partial charge in [-0.1, -0.05) is 17.7 Å². The summed E-state index contributed by atoms with van der Waals surface area (Å²) in [5, 5.41) is 0.494. The van der Waals surface area contributed by atoms with E-state index < -0.39 is 5.82 Å². The predicted octanol–water partition coefficient (Wildman–Crippen LogP) is 5.66. The Kier molecular flexibility index (Phi) is 6.49. The number of nitrogens with zero attached hydrogens (tertiary/aromatic N) is 2. The van der Waals surface area contributed by atoms with E-state index in [1.807, 2.05) is 13.8 Å². The number of carbonyl (C=O) groups is 1. The molecular formula is C20H17ClFN3O2S. The number of pyridine rings is 2. The van der Waals surface area contributed by atoms with Crippen LogP contribution in [0, 0.1) is 5.82 Å². The molecule has 0 aliphatic carbocycles. The summed E-state index contributed by atoms with van der Waals surface area (Å²) in [5.41, 5.74) is 1.75. The number of aldehydes is 1. The number of halogens is 2. The van der Waals surface area contributed by atoms with Gasteiger partial charge in [-0.25, -0.2) is 9.37 Å². The van der Waals surface area contributed by atoms with Gasteiger partial charge in [0.25, 0.3) is 0 Å². The number of rotatable bonds is 7. The maximum Gasteiger partial charge on any atom is 0.229 e. The molecule has 2 aromatic heterocycles. The van der Waals surface area contributed by atoms with E-state index in [0.717, 1.165) is 4.90 Å². The van der Waals surface area contributed by atoms with Crippen LogP contribution in [0.2, 0.25) is 5.02 Å². The van der Waals surface area contributed by atoms with Crippen molar-refractivity contribution in [2.24, 2.45) is 0 Å². The largest absolute Gasteiger partial charge is 0.474 e. The lowest BCUT2D eigenvalue weighted by molar-refractivity contribution is 0.112. The van der Waals surface area contributed by atoms with Crippen LogP contribution in [0.15, 0.2) is 53.7 Å². The van der Waals surface area contributed by atoms with E-state index in [9.17, 15) is 9.18 Å². The maximum atomic E-state index is 14.3. The first-order valence-electron chi connectivity index (χ1n) is 8.42. The molecule has 28 heavy (non-hydrogen) atoms. The van der Waals surface area contributed by atoms with Gasteiger partial charge in [0.2, 0.25) is 5.88 Å². The first kappa shape index (κ1) is 20.1. The Balaban J connectivity index is 1.81. The number of aromatic nitrogens is 2. The van der Waals surface area contributed by atoms with Gasteiger partial charge in [-0.2, -0.15) is 0 Å². The average Bonchev–Trinajstić information content (AvgIpc) is 2.68. The SMILES string of the molecule is CC(C)Oc1ncc(Cl)cc1SNc1ccnc(-c2ccc(C=O)cc2F)c1. The van der Waals surface area contributed by atoms with Gasteiger partial charge in [0, 0.05) is 29.2 Å². The van der Waals surface area contributed by atoms with Crippen LogP contribution in [0.1, 0.15) is 24.2 Å². The molecule has 0 saturated carbocycles. The van der Waals surface area contributed by atoms with E-state index in [2.05, 4.69) is 14.7 Å². The molecule has 0 unspecified atom stereocenters. The first-order chi connectivity index (χ1) is 13.5. The van der Waals surface area contributed by atoms with Crippen LogP contribution in [0.3, 0.4) is 0 Å². The van der Waals surface area contributed by atoms with Gasteiger partial charge in [0.15, 0.2) is 0 Å². The fourth-order valence-electron chi connectivity index (χ4n) is 2.36. The van der Waals surface area contributed by atoms with Gasteiger partial charge in [0.1, 0.15) is 12.1 Å². The highest BCUT2D eigenvalue weighted by molar-refractivity contribution is 8.00. The Morgan fingerprint density at radius 2 is 2.04 bits per heavy atom. The molecule has 0 fully saturated rings. The molecule has 0 aliphatic heterocycles. The summed E-state index contributed by atoms with van der Waals surface area (Å²) in [6.07, 6.45) is 3.68. The highest BCUT2D eigenvalue weighted by atomic mass is 35.5. The van der Waals surface area contributed by atoms with Crippen molar-refractivity contribution in [1.82, 2.24) is 9.97 Å². The topological polar surface area (TPSA) is 64.1 Å². The van der Waals surface area contributed by atoms with E-state index in [4.69, 9.17) is 16.3 Å². The molecule has 5 nitrogen and oxygen atoms in total. The lowest BCUT2D eigenvalue weighted by atomic mass is 10.1. The monoisotopic (exact) mass is 417 g/mol. The third-order valence-corrected chi connectivity index (χ3v) is 4.63. The zero-order valence-corrected chi connectivity index (χ0v) is 16.7. The summed E-state index contributed by atoms with van der Waals surface area (Å²) >= 11 is 7.33. The summed E-state index contributed by atoms with van der Waals surface area (Å²) in [6, 6.07) is 9.50. The summed E-state index contributed by atoms with van der Waals surface area (Å²) in [5.74, 6) is -0.0322. The van der Waals surface area contributed by atoms with Crippen molar-refractivity contribution in [1.29, 1.82) is 0 Å². The van der Waals surface area contributed by atoms with Gasteiger partial charge in [-0.05, 0) is 56.1 Å². The van der Waals surface area contributed by atoms with Gasteiger partial charge >= 0.3 is 0 Å². The molecular weight excluding hydrogens is 401 g/mol. The molecule has 0 amide bonds. The van der Waals surface area contributed by atoms with Crippen LogP contribution in [0.25, 0.3) is 11.3 Å². The van der Waals surface area contributed by atoms with Crippen LogP contribution >= 0.6 is 23.5 Å². The molecule has 3 aromatic rings. The summed E-state index contributed by atoms with van der Waals surface area (Å²) in [6.45, 7) is 3.83. The molecule has 0 aliphatic rings. The number of anilines is 1. The Labute approximate surface area is 171 Å². The van der Waals surface area contributed by atoms with Crippen molar-refractivity contribution in [3.05, 3.63) is 65.2 Å². The molecule has 1 aromatic carbocycles. The Bertz CT molecular complexity index is 1000. The average molecular weight is 418 g/mol. The normalized spacial score (nSPS) is 10.8. The number of hydrogen-bond donors (Lipinski definition) is 1. The molecule has 0 atom stereocenters. The Hall–Kier alpha value is -2.64. The van der Waals surface area contributed by atoms with Crippen molar-refractivity contribution in [2.45, 2.75) is 24.8 Å². The van der Waals surface area contributed by atoms with Crippen LogP contribution in [0.4, 0.5) is 10.1 Å². The van der Waals surface area contributed by atoms with Crippen molar-refractivity contribution in [2.75, 3.05) is 4.72 Å². The van der Waals surface area contributed by atoms with E-state index in [1.165, 1.54) is 30.3 Å². The third-order valence-electron chi connectivity index (χ3n) is 3.58. The quantitative estimate of drug-likeness (QED) is 0.395. The van der Waals surface area contributed by atoms with Crippen LogP contribution < -0.4 is 9.46 Å². The zero-order chi connectivity index (χ0) is 20.1. The summed E-state index contributed by atoms with van der Waals surface area (Å²) in [7, 11) is 0. The summed E-state index contributed by atoms with van der Waals surface area (Å²) in [4.78, 5) is 19.9. The summed E-state index contributed by atoms with van der Waals surface area (Å²) < 4.78 is 23.1. The van der Waals surface area contributed by atoms with E-state index in [1.54, 1.807) is 30.5 Å². The highest BCUT2D eigenvalue weighted by Crippen LogP contribution is 2.32. The Morgan fingerprint density at radius 3 is 2.75 bits per heavy atom. The van der Waals surface area contributed by atoms with Crippen LogP contribution in [-0.4, -0.2) is 22.4 Å². The number of nitrogens with one attached hydrogen (secondary N) is 1. The molecule has 0 saturated heterocycles. The second-order valence-corrected chi connectivity index (χ2v) is 7.40.